The third-order valence-electron chi connectivity index (χ3n) is 5.42. The molecule has 0 spiro atoms. The van der Waals surface area contributed by atoms with Gasteiger partial charge in [0.1, 0.15) is 0 Å². The zero-order chi connectivity index (χ0) is 13.2. The third kappa shape index (κ3) is 3.21. The fraction of sp³-hybridized carbons (Fsp3) is 0.875. The minimum Gasteiger partial charge on any atom is -0.315 e. The van der Waals surface area contributed by atoms with Crippen molar-refractivity contribution in [3.05, 3.63) is 12.2 Å². The number of nitrogens with one attached hydrogen (secondary N) is 1. The number of fused-ring (bicyclic) bond motifs is 2. The molecular formula is C16H29N3. The average molecular weight is 263 g/mol. The normalized spacial score (nSPS) is 37.1. The Kier molecular flexibility index (Phi) is 4.25. The quantitative estimate of drug-likeness (QED) is 0.757. The number of hydrogen-bond donors (Lipinski definition) is 1. The van der Waals surface area contributed by atoms with E-state index in [9.17, 15) is 0 Å². The molecule has 1 heterocycles. The minimum absolute atomic E-state index is 0.683. The molecule has 1 saturated heterocycles. The predicted molar refractivity (Wildman–Crippen MR) is 80.2 cm³/mol. The van der Waals surface area contributed by atoms with Gasteiger partial charge < -0.3 is 10.2 Å². The van der Waals surface area contributed by atoms with Gasteiger partial charge in [-0.3, -0.25) is 4.90 Å². The lowest BCUT2D eigenvalue weighted by Crippen LogP contribution is -2.51. The highest BCUT2D eigenvalue weighted by Gasteiger charge is 2.35. The molecule has 0 aromatic carbocycles. The van der Waals surface area contributed by atoms with Crippen LogP contribution in [0.5, 0.6) is 0 Å². The lowest BCUT2D eigenvalue weighted by Gasteiger charge is -2.36. The Hall–Kier alpha value is -0.380. The predicted octanol–water partition coefficient (Wildman–Crippen LogP) is 1.42. The molecular weight excluding hydrogens is 234 g/mol. The highest BCUT2D eigenvalue weighted by atomic mass is 15.3. The third-order valence-corrected chi connectivity index (χ3v) is 5.42. The molecule has 0 aromatic heterocycles. The second-order valence-electron chi connectivity index (χ2n) is 6.89. The van der Waals surface area contributed by atoms with E-state index in [0.29, 0.717) is 6.04 Å². The lowest BCUT2D eigenvalue weighted by atomic mass is 9.93. The van der Waals surface area contributed by atoms with Gasteiger partial charge in [0, 0.05) is 38.8 Å². The maximum absolute atomic E-state index is 3.73. The fourth-order valence-electron chi connectivity index (χ4n) is 4.00. The Morgan fingerprint density at radius 3 is 2.58 bits per heavy atom. The van der Waals surface area contributed by atoms with E-state index in [4.69, 9.17) is 0 Å². The molecule has 0 unspecified atom stereocenters. The Bertz CT molecular complexity index is 320. The van der Waals surface area contributed by atoms with Gasteiger partial charge in [-0.05, 0) is 51.1 Å². The minimum atomic E-state index is 0.683. The van der Waals surface area contributed by atoms with E-state index >= 15 is 0 Å². The monoisotopic (exact) mass is 263 g/mol. The van der Waals surface area contributed by atoms with Gasteiger partial charge in [0.15, 0.2) is 0 Å². The molecule has 3 rings (SSSR count). The number of nitrogens with zero attached hydrogens (tertiary/aromatic N) is 2. The van der Waals surface area contributed by atoms with Crippen molar-refractivity contribution in [3.63, 3.8) is 0 Å². The molecule has 19 heavy (non-hydrogen) atoms. The average Bonchev–Trinajstić information content (AvgIpc) is 3.02. The van der Waals surface area contributed by atoms with Crippen molar-refractivity contribution >= 4 is 0 Å². The summed E-state index contributed by atoms with van der Waals surface area (Å²) >= 11 is 0. The number of hydrogen-bond acceptors (Lipinski definition) is 3. The van der Waals surface area contributed by atoms with Crippen molar-refractivity contribution in [1.82, 2.24) is 15.1 Å². The standard InChI is InChI=1S/C16H29N3/c1-13(19-7-5-18(2)6-8-19)11-17-12-16-10-14-3-4-15(16)9-14/h3-4,13-17H,5-12H2,1-2H3/t13-,14-,15-,16-/m0/s1. The fourth-order valence-corrected chi connectivity index (χ4v) is 4.00. The van der Waals surface area contributed by atoms with E-state index in [-0.39, 0.29) is 0 Å². The zero-order valence-electron chi connectivity index (χ0n) is 12.5. The molecule has 1 saturated carbocycles. The molecule has 0 amide bonds. The van der Waals surface area contributed by atoms with Crippen LogP contribution in [0, 0.1) is 17.8 Å². The van der Waals surface area contributed by atoms with Gasteiger partial charge in [0.05, 0.1) is 0 Å². The van der Waals surface area contributed by atoms with Gasteiger partial charge in [-0.15, -0.1) is 0 Å². The van der Waals surface area contributed by atoms with Crippen LogP contribution in [0.25, 0.3) is 0 Å². The van der Waals surface area contributed by atoms with Crippen LogP contribution in [-0.2, 0) is 0 Å². The zero-order valence-corrected chi connectivity index (χ0v) is 12.5. The summed E-state index contributed by atoms with van der Waals surface area (Å²) in [5.74, 6) is 2.71. The molecule has 3 aliphatic rings. The lowest BCUT2D eigenvalue weighted by molar-refractivity contribution is 0.117. The van der Waals surface area contributed by atoms with E-state index in [1.54, 1.807) is 0 Å². The molecule has 0 radical (unpaired) electrons. The van der Waals surface area contributed by atoms with Crippen LogP contribution < -0.4 is 5.32 Å². The van der Waals surface area contributed by atoms with Crippen molar-refractivity contribution < 1.29 is 0 Å². The highest BCUT2D eigenvalue weighted by molar-refractivity contribution is 5.10. The van der Waals surface area contributed by atoms with E-state index < -0.39 is 0 Å². The van der Waals surface area contributed by atoms with Crippen LogP contribution in [0.1, 0.15) is 19.8 Å². The second-order valence-corrected chi connectivity index (χ2v) is 6.89. The molecule has 2 fully saturated rings. The van der Waals surface area contributed by atoms with Crippen molar-refractivity contribution in [2.45, 2.75) is 25.8 Å². The largest absolute Gasteiger partial charge is 0.315 e. The van der Waals surface area contributed by atoms with Gasteiger partial charge in [0.25, 0.3) is 0 Å². The summed E-state index contributed by atoms with van der Waals surface area (Å²) in [5.41, 5.74) is 0. The number of likely N-dealkylation sites (N-methyl/N-ethyl adjacent to an activating group) is 1. The summed E-state index contributed by atoms with van der Waals surface area (Å²) < 4.78 is 0. The molecule has 3 heteroatoms. The first-order chi connectivity index (χ1) is 9.22. The van der Waals surface area contributed by atoms with Crippen LogP contribution in [-0.4, -0.2) is 62.2 Å². The molecule has 3 nitrogen and oxygen atoms in total. The number of rotatable bonds is 5. The topological polar surface area (TPSA) is 18.5 Å². The smallest absolute Gasteiger partial charge is 0.0193 e. The molecule has 1 N–H and O–H groups in total. The van der Waals surface area contributed by atoms with Crippen molar-refractivity contribution in [2.24, 2.45) is 17.8 Å². The van der Waals surface area contributed by atoms with Gasteiger partial charge in [-0.25, -0.2) is 0 Å². The Balaban J connectivity index is 1.34. The first-order valence-corrected chi connectivity index (χ1v) is 8.04. The van der Waals surface area contributed by atoms with Crippen molar-refractivity contribution in [2.75, 3.05) is 46.3 Å². The Labute approximate surface area is 118 Å². The van der Waals surface area contributed by atoms with Crippen molar-refractivity contribution in [3.8, 4) is 0 Å². The van der Waals surface area contributed by atoms with Crippen LogP contribution in [0.3, 0.4) is 0 Å². The molecule has 2 aliphatic carbocycles. The molecule has 108 valence electrons. The second kappa shape index (κ2) is 5.94. The first-order valence-electron chi connectivity index (χ1n) is 8.04. The molecule has 4 atom stereocenters. The van der Waals surface area contributed by atoms with E-state index in [0.717, 1.165) is 24.3 Å². The molecule has 2 bridgehead atoms. The van der Waals surface area contributed by atoms with E-state index in [1.807, 2.05) is 0 Å². The SMILES string of the molecule is C[C@@H](CNC[C@@H]1C[C@H]2C=C[C@H]1C2)N1CCN(C)CC1. The van der Waals surface area contributed by atoms with Crippen LogP contribution >= 0.6 is 0 Å². The van der Waals surface area contributed by atoms with E-state index in [1.165, 1.54) is 45.6 Å². The summed E-state index contributed by atoms with van der Waals surface area (Å²) in [6.45, 7) is 9.67. The van der Waals surface area contributed by atoms with Crippen LogP contribution in [0.2, 0.25) is 0 Å². The summed E-state index contributed by atoms with van der Waals surface area (Å²) in [7, 11) is 2.23. The molecule has 0 aromatic rings. The summed E-state index contributed by atoms with van der Waals surface area (Å²) in [4.78, 5) is 5.06. The van der Waals surface area contributed by atoms with Gasteiger partial charge in [0.2, 0.25) is 0 Å². The Morgan fingerprint density at radius 2 is 1.95 bits per heavy atom. The number of allylic oxidation sites excluding steroid dienone is 2. The summed E-state index contributed by atoms with van der Waals surface area (Å²) in [6, 6.07) is 0.683. The van der Waals surface area contributed by atoms with Crippen LogP contribution in [0.15, 0.2) is 12.2 Å². The summed E-state index contributed by atoms with van der Waals surface area (Å²) in [6.07, 6.45) is 7.76. The summed E-state index contributed by atoms with van der Waals surface area (Å²) in [5, 5.41) is 3.73. The maximum atomic E-state index is 3.73. The van der Waals surface area contributed by atoms with Crippen LogP contribution in [0.4, 0.5) is 0 Å². The molecule has 1 aliphatic heterocycles. The van der Waals surface area contributed by atoms with Gasteiger partial charge in [-0.1, -0.05) is 12.2 Å². The first kappa shape index (κ1) is 13.6. The van der Waals surface area contributed by atoms with E-state index in [2.05, 4.69) is 41.2 Å². The van der Waals surface area contributed by atoms with Gasteiger partial charge >= 0.3 is 0 Å². The number of piperazine rings is 1. The maximum Gasteiger partial charge on any atom is 0.0193 e. The highest BCUT2D eigenvalue weighted by Crippen LogP contribution is 2.42. The van der Waals surface area contributed by atoms with Crippen molar-refractivity contribution in [1.29, 1.82) is 0 Å². The van der Waals surface area contributed by atoms with Gasteiger partial charge in [-0.2, -0.15) is 0 Å². The Morgan fingerprint density at radius 1 is 1.16 bits per heavy atom.